The number of rotatable bonds is 11. The number of ether oxygens (including phenoxy) is 1. The largest absolute Gasteiger partial charge is 0.483 e. The number of carbonyl (C=O) groups excluding carboxylic acids is 2. The highest BCUT2D eigenvalue weighted by Gasteiger charge is 2.29. The van der Waals surface area contributed by atoms with Crippen molar-refractivity contribution in [2.24, 2.45) is 5.92 Å². The van der Waals surface area contributed by atoms with E-state index in [0.29, 0.717) is 37.1 Å². The van der Waals surface area contributed by atoms with E-state index < -0.39 is 6.04 Å². The Kier molecular flexibility index (Phi) is 10.4. The van der Waals surface area contributed by atoms with Gasteiger partial charge in [-0.1, -0.05) is 70.5 Å². The van der Waals surface area contributed by atoms with E-state index in [1.165, 1.54) is 5.56 Å². The number of carbonyl (C=O) groups is 2. The van der Waals surface area contributed by atoms with Gasteiger partial charge in [0.1, 0.15) is 11.8 Å². The summed E-state index contributed by atoms with van der Waals surface area (Å²) in [6, 6.07) is 13.4. The summed E-state index contributed by atoms with van der Waals surface area (Å²) in [7, 11) is 0. The van der Waals surface area contributed by atoms with Crippen molar-refractivity contribution < 1.29 is 14.3 Å². The topological polar surface area (TPSA) is 58.6 Å². The van der Waals surface area contributed by atoms with Crippen LogP contribution in [0.15, 0.2) is 46.9 Å². The fraction of sp³-hybridized carbons (Fsp3) is 0.481. The lowest BCUT2D eigenvalue weighted by molar-refractivity contribution is -0.143. The summed E-state index contributed by atoms with van der Waals surface area (Å²) >= 11 is 3.55. The Labute approximate surface area is 207 Å². The van der Waals surface area contributed by atoms with E-state index in [4.69, 9.17) is 4.74 Å². The molecule has 6 heteroatoms. The molecule has 1 atom stereocenters. The second kappa shape index (κ2) is 12.8. The van der Waals surface area contributed by atoms with Crippen LogP contribution < -0.4 is 10.1 Å². The Bertz CT molecular complexity index is 925. The molecule has 0 spiro atoms. The molecule has 0 fully saturated rings. The minimum absolute atomic E-state index is 0.130. The number of hydrogen-bond donors (Lipinski definition) is 1. The van der Waals surface area contributed by atoms with Gasteiger partial charge in [0.15, 0.2) is 6.61 Å². The maximum absolute atomic E-state index is 13.3. The van der Waals surface area contributed by atoms with E-state index in [1.54, 1.807) is 4.90 Å². The van der Waals surface area contributed by atoms with E-state index >= 15 is 0 Å². The molecule has 2 aromatic rings. The number of halogens is 1. The Morgan fingerprint density at radius 1 is 1.06 bits per heavy atom. The van der Waals surface area contributed by atoms with E-state index in [-0.39, 0.29) is 18.4 Å². The normalized spacial score (nSPS) is 12.0. The van der Waals surface area contributed by atoms with Crippen LogP contribution in [0.4, 0.5) is 0 Å². The zero-order chi connectivity index (χ0) is 24.5. The predicted molar refractivity (Wildman–Crippen MR) is 137 cm³/mol. The Hall–Kier alpha value is -2.34. The molecule has 0 saturated carbocycles. The first-order chi connectivity index (χ1) is 15.6. The van der Waals surface area contributed by atoms with Crippen molar-refractivity contribution in [1.82, 2.24) is 10.2 Å². The quantitative estimate of drug-likeness (QED) is 0.408. The van der Waals surface area contributed by atoms with Gasteiger partial charge in [0.2, 0.25) is 5.91 Å². The molecule has 5 nitrogen and oxygen atoms in total. The van der Waals surface area contributed by atoms with Crippen molar-refractivity contribution in [2.45, 2.75) is 66.5 Å². The monoisotopic (exact) mass is 516 g/mol. The van der Waals surface area contributed by atoms with Gasteiger partial charge in [0.05, 0.1) is 4.47 Å². The molecule has 180 valence electrons. The second-order valence-electron chi connectivity index (χ2n) is 9.20. The SMILES string of the molecule is CC[C@H](C(=O)NCC(C)C)N(Cc1ccc(C)cc1)C(=O)COc1ccc(C(C)C)cc1Br. The molecule has 33 heavy (non-hydrogen) atoms. The average Bonchev–Trinajstić information content (AvgIpc) is 2.77. The van der Waals surface area contributed by atoms with Gasteiger partial charge >= 0.3 is 0 Å². The molecule has 2 rings (SSSR count). The van der Waals surface area contributed by atoms with Crippen LogP contribution in [0.25, 0.3) is 0 Å². The number of amides is 2. The molecule has 0 radical (unpaired) electrons. The van der Waals surface area contributed by atoms with Crippen molar-refractivity contribution in [3.63, 3.8) is 0 Å². The second-order valence-corrected chi connectivity index (χ2v) is 10.1. The van der Waals surface area contributed by atoms with Gasteiger partial charge in [-0.05, 0) is 64.4 Å². The van der Waals surface area contributed by atoms with Gasteiger partial charge in [-0.15, -0.1) is 0 Å². The minimum atomic E-state index is -0.562. The van der Waals surface area contributed by atoms with Crippen molar-refractivity contribution >= 4 is 27.7 Å². The first kappa shape index (κ1) is 26.9. The number of nitrogens with zero attached hydrogens (tertiary/aromatic N) is 1. The number of benzene rings is 2. The third-order valence-corrected chi connectivity index (χ3v) is 6.14. The van der Waals surface area contributed by atoms with Crippen molar-refractivity contribution in [3.8, 4) is 5.75 Å². The van der Waals surface area contributed by atoms with Gasteiger partial charge < -0.3 is 15.0 Å². The molecule has 2 aromatic carbocycles. The molecule has 0 heterocycles. The summed E-state index contributed by atoms with van der Waals surface area (Å²) in [4.78, 5) is 27.9. The van der Waals surface area contributed by atoms with Crippen molar-refractivity contribution in [1.29, 1.82) is 0 Å². The van der Waals surface area contributed by atoms with Gasteiger partial charge in [-0.2, -0.15) is 0 Å². The molecule has 0 saturated heterocycles. The molecule has 0 aliphatic carbocycles. The smallest absolute Gasteiger partial charge is 0.261 e. The van der Waals surface area contributed by atoms with Crippen LogP contribution in [-0.4, -0.2) is 35.9 Å². The lowest BCUT2D eigenvalue weighted by Crippen LogP contribution is -2.50. The summed E-state index contributed by atoms with van der Waals surface area (Å²) < 4.78 is 6.69. The highest BCUT2D eigenvalue weighted by molar-refractivity contribution is 9.10. The average molecular weight is 518 g/mol. The summed E-state index contributed by atoms with van der Waals surface area (Å²) in [5.41, 5.74) is 3.32. The Morgan fingerprint density at radius 3 is 2.27 bits per heavy atom. The van der Waals surface area contributed by atoms with Crippen LogP contribution in [0.3, 0.4) is 0 Å². The molecule has 0 aliphatic heterocycles. The molecule has 0 unspecified atom stereocenters. The third kappa shape index (κ3) is 8.18. The van der Waals surface area contributed by atoms with Crippen molar-refractivity contribution in [3.05, 3.63) is 63.6 Å². The maximum atomic E-state index is 13.3. The van der Waals surface area contributed by atoms with E-state index in [2.05, 4.69) is 35.1 Å². The molecular formula is C27H37BrN2O3. The standard InChI is InChI=1S/C27H37BrN2O3/c1-7-24(27(32)29-15-18(2)3)30(16-21-10-8-20(6)9-11-21)26(31)17-33-25-13-12-22(19(4)5)14-23(25)28/h8-14,18-19,24H,7,15-17H2,1-6H3,(H,29,32)/t24-/m1/s1. The highest BCUT2D eigenvalue weighted by atomic mass is 79.9. The van der Waals surface area contributed by atoms with E-state index in [9.17, 15) is 9.59 Å². The van der Waals surface area contributed by atoms with Gasteiger partial charge in [-0.3, -0.25) is 9.59 Å². The molecule has 0 aromatic heterocycles. The van der Waals surface area contributed by atoms with Crippen molar-refractivity contribution in [2.75, 3.05) is 13.2 Å². The van der Waals surface area contributed by atoms with Gasteiger partial charge in [0.25, 0.3) is 5.91 Å². The Morgan fingerprint density at radius 2 is 1.73 bits per heavy atom. The van der Waals surface area contributed by atoms with Gasteiger partial charge in [0, 0.05) is 13.1 Å². The number of nitrogens with one attached hydrogen (secondary N) is 1. The number of hydrogen-bond acceptors (Lipinski definition) is 3. The van der Waals surface area contributed by atoms with Crippen LogP contribution in [0.5, 0.6) is 5.75 Å². The third-order valence-electron chi connectivity index (χ3n) is 5.52. The lowest BCUT2D eigenvalue weighted by atomic mass is 10.0. The summed E-state index contributed by atoms with van der Waals surface area (Å²) in [6.07, 6.45) is 0.522. The molecule has 0 bridgehead atoms. The fourth-order valence-corrected chi connectivity index (χ4v) is 3.96. The van der Waals surface area contributed by atoms with E-state index in [0.717, 1.165) is 15.6 Å². The molecule has 1 N–H and O–H groups in total. The van der Waals surface area contributed by atoms with Crippen LogP contribution in [0.1, 0.15) is 63.6 Å². The summed E-state index contributed by atoms with van der Waals surface area (Å²) in [5, 5.41) is 2.98. The predicted octanol–water partition coefficient (Wildman–Crippen LogP) is 5.84. The first-order valence-electron chi connectivity index (χ1n) is 11.7. The van der Waals surface area contributed by atoms with E-state index in [1.807, 2.05) is 70.2 Å². The zero-order valence-electron chi connectivity index (χ0n) is 20.7. The zero-order valence-corrected chi connectivity index (χ0v) is 22.2. The lowest BCUT2D eigenvalue weighted by Gasteiger charge is -2.31. The molecular weight excluding hydrogens is 480 g/mol. The minimum Gasteiger partial charge on any atom is -0.483 e. The summed E-state index contributed by atoms with van der Waals surface area (Å²) in [6.45, 7) is 13.1. The fourth-order valence-electron chi connectivity index (χ4n) is 3.45. The summed E-state index contributed by atoms with van der Waals surface area (Å²) in [5.74, 6) is 0.996. The first-order valence-corrected chi connectivity index (χ1v) is 12.5. The van der Waals surface area contributed by atoms with Crippen LogP contribution in [-0.2, 0) is 16.1 Å². The van der Waals surface area contributed by atoms with Crippen LogP contribution in [0, 0.1) is 12.8 Å². The number of aryl methyl sites for hydroxylation is 1. The Balaban J connectivity index is 2.20. The highest BCUT2D eigenvalue weighted by Crippen LogP contribution is 2.29. The molecule has 2 amide bonds. The van der Waals surface area contributed by atoms with Crippen LogP contribution in [0.2, 0.25) is 0 Å². The maximum Gasteiger partial charge on any atom is 0.261 e. The van der Waals surface area contributed by atoms with Crippen LogP contribution >= 0.6 is 15.9 Å². The van der Waals surface area contributed by atoms with Gasteiger partial charge in [-0.25, -0.2) is 0 Å². The molecule has 0 aliphatic rings.